The van der Waals surface area contributed by atoms with Gasteiger partial charge in [0.1, 0.15) is 0 Å². The summed E-state index contributed by atoms with van der Waals surface area (Å²) in [5.41, 5.74) is 3.79. The van der Waals surface area contributed by atoms with Crippen molar-refractivity contribution >= 4 is 6.21 Å². The summed E-state index contributed by atoms with van der Waals surface area (Å²) in [4.78, 5) is 6.83. The van der Waals surface area contributed by atoms with Gasteiger partial charge >= 0.3 is 0 Å². The van der Waals surface area contributed by atoms with Gasteiger partial charge in [0.05, 0.1) is 5.54 Å². The number of allylic oxidation sites excluding steroid dienone is 3. The third kappa shape index (κ3) is 3.38. The van der Waals surface area contributed by atoms with Crippen LogP contribution in [0.2, 0.25) is 0 Å². The van der Waals surface area contributed by atoms with E-state index in [1.54, 1.807) is 0 Å². The van der Waals surface area contributed by atoms with Crippen LogP contribution in [0.25, 0.3) is 0 Å². The summed E-state index contributed by atoms with van der Waals surface area (Å²) in [7, 11) is 4.19. The van der Waals surface area contributed by atoms with Crippen LogP contribution < -0.4 is 0 Å². The van der Waals surface area contributed by atoms with E-state index in [0.717, 1.165) is 0 Å². The molecule has 0 aliphatic heterocycles. The van der Waals surface area contributed by atoms with E-state index in [1.807, 2.05) is 6.21 Å². The van der Waals surface area contributed by atoms with Crippen LogP contribution in [0.4, 0.5) is 0 Å². The van der Waals surface area contributed by atoms with E-state index >= 15 is 0 Å². The molecule has 1 aromatic rings. The molecule has 1 aromatic carbocycles. The summed E-state index contributed by atoms with van der Waals surface area (Å²) in [5.74, 6) is 0.326. The maximum Gasteiger partial charge on any atom is 0.0524 e. The van der Waals surface area contributed by atoms with Gasteiger partial charge in [-0.05, 0) is 38.0 Å². The molecule has 1 aliphatic carbocycles. The molecular formula is C18H24N2. The molecule has 2 rings (SSSR count). The van der Waals surface area contributed by atoms with Crippen LogP contribution in [0.1, 0.15) is 37.8 Å². The Labute approximate surface area is 122 Å². The number of hydrogen-bond acceptors (Lipinski definition) is 2. The van der Waals surface area contributed by atoms with Gasteiger partial charge < -0.3 is 4.90 Å². The molecule has 0 heterocycles. The van der Waals surface area contributed by atoms with Crippen LogP contribution in [-0.2, 0) is 0 Å². The van der Waals surface area contributed by atoms with Crippen LogP contribution in [-0.4, -0.2) is 30.7 Å². The van der Waals surface area contributed by atoms with E-state index in [2.05, 4.69) is 87.3 Å². The number of rotatable bonds is 3. The Morgan fingerprint density at radius 1 is 1.15 bits per heavy atom. The second-order valence-corrected chi connectivity index (χ2v) is 6.41. The lowest BCUT2D eigenvalue weighted by Crippen LogP contribution is -2.16. The number of benzene rings is 1. The van der Waals surface area contributed by atoms with Gasteiger partial charge in [-0.15, -0.1) is 0 Å². The average molecular weight is 268 g/mol. The van der Waals surface area contributed by atoms with E-state index in [0.29, 0.717) is 5.92 Å². The molecular weight excluding hydrogens is 244 g/mol. The predicted octanol–water partition coefficient (Wildman–Crippen LogP) is 4.00. The molecule has 2 nitrogen and oxygen atoms in total. The monoisotopic (exact) mass is 268 g/mol. The van der Waals surface area contributed by atoms with Gasteiger partial charge in [-0.25, -0.2) is 0 Å². The van der Waals surface area contributed by atoms with Crippen molar-refractivity contribution in [3.05, 3.63) is 59.3 Å². The molecule has 1 unspecified atom stereocenters. The van der Waals surface area contributed by atoms with E-state index in [-0.39, 0.29) is 5.54 Å². The second kappa shape index (κ2) is 5.66. The second-order valence-electron chi connectivity index (χ2n) is 6.41. The Kier molecular flexibility index (Phi) is 4.12. The molecule has 0 N–H and O–H groups in total. The minimum atomic E-state index is -0.0428. The summed E-state index contributed by atoms with van der Waals surface area (Å²) in [6.07, 6.45) is 8.58. The Morgan fingerprint density at radius 2 is 1.85 bits per heavy atom. The third-order valence-electron chi connectivity index (χ3n) is 3.33. The van der Waals surface area contributed by atoms with Crippen LogP contribution in [0.15, 0.2) is 53.2 Å². The normalized spacial score (nSPS) is 18.6. The largest absolute Gasteiger partial charge is 0.380 e. The summed E-state index contributed by atoms with van der Waals surface area (Å²) in [6, 6.07) is 8.51. The minimum absolute atomic E-state index is 0.0428. The van der Waals surface area contributed by atoms with Crippen molar-refractivity contribution < 1.29 is 0 Å². The zero-order valence-corrected chi connectivity index (χ0v) is 13.1. The molecule has 20 heavy (non-hydrogen) atoms. The van der Waals surface area contributed by atoms with Gasteiger partial charge in [0, 0.05) is 31.9 Å². The third-order valence-corrected chi connectivity index (χ3v) is 3.33. The first kappa shape index (κ1) is 14.6. The number of aliphatic imine (C=N–C) groups is 1. The summed E-state index contributed by atoms with van der Waals surface area (Å²) < 4.78 is 0. The van der Waals surface area contributed by atoms with Crippen molar-refractivity contribution in [1.29, 1.82) is 0 Å². The quantitative estimate of drug-likeness (QED) is 0.756. The van der Waals surface area contributed by atoms with Crippen molar-refractivity contribution in [1.82, 2.24) is 4.90 Å². The predicted molar refractivity (Wildman–Crippen MR) is 87.4 cm³/mol. The molecule has 0 bridgehead atoms. The van der Waals surface area contributed by atoms with Crippen molar-refractivity contribution in [3.63, 3.8) is 0 Å². The highest BCUT2D eigenvalue weighted by Crippen LogP contribution is 2.32. The Bertz CT molecular complexity index is 557. The molecule has 0 spiro atoms. The van der Waals surface area contributed by atoms with E-state index in [9.17, 15) is 0 Å². The van der Waals surface area contributed by atoms with Crippen LogP contribution >= 0.6 is 0 Å². The molecule has 2 heteroatoms. The topological polar surface area (TPSA) is 15.6 Å². The van der Waals surface area contributed by atoms with Crippen molar-refractivity contribution in [3.8, 4) is 0 Å². The molecule has 1 aliphatic rings. The maximum atomic E-state index is 4.65. The van der Waals surface area contributed by atoms with Crippen LogP contribution in [0.3, 0.4) is 0 Å². The fourth-order valence-electron chi connectivity index (χ4n) is 2.33. The number of nitrogens with zero attached hydrogens (tertiary/aromatic N) is 2. The Morgan fingerprint density at radius 3 is 2.50 bits per heavy atom. The van der Waals surface area contributed by atoms with Crippen LogP contribution in [0, 0.1) is 0 Å². The van der Waals surface area contributed by atoms with E-state index < -0.39 is 0 Å². The lowest BCUT2D eigenvalue weighted by atomic mass is 9.93. The van der Waals surface area contributed by atoms with Gasteiger partial charge in [0.25, 0.3) is 0 Å². The summed E-state index contributed by atoms with van der Waals surface area (Å²) >= 11 is 0. The fraction of sp³-hybridized carbons (Fsp3) is 0.389. The van der Waals surface area contributed by atoms with Gasteiger partial charge in [-0.1, -0.05) is 36.4 Å². The molecule has 106 valence electrons. The lowest BCUT2D eigenvalue weighted by molar-refractivity contribution is 0.487. The van der Waals surface area contributed by atoms with Crippen molar-refractivity contribution in [2.24, 2.45) is 4.99 Å². The molecule has 0 saturated heterocycles. The summed E-state index contributed by atoms with van der Waals surface area (Å²) in [5, 5.41) is 0. The maximum absolute atomic E-state index is 4.65. The van der Waals surface area contributed by atoms with Gasteiger partial charge in [-0.3, -0.25) is 4.99 Å². The van der Waals surface area contributed by atoms with Gasteiger partial charge in [0.15, 0.2) is 0 Å². The first-order valence-corrected chi connectivity index (χ1v) is 7.08. The smallest absolute Gasteiger partial charge is 0.0524 e. The van der Waals surface area contributed by atoms with E-state index in [1.165, 1.54) is 16.8 Å². The molecule has 0 aromatic heterocycles. The lowest BCUT2D eigenvalue weighted by Gasteiger charge is -2.23. The molecule has 0 radical (unpaired) electrons. The van der Waals surface area contributed by atoms with Crippen molar-refractivity contribution in [2.45, 2.75) is 32.2 Å². The highest BCUT2D eigenvalue weighted by atomic mass is 15.1. The van der Waals surface area contributed by atoms with Crippen molar-refractivity contribution in [2.75, 3.05) is 14.1 Å². The first-order valence-electron chi connectivity index (χ1n) is 7.08. The highest BCUT2D eigenvalue weighted by molar-refractivity contribution is 5.83. The summed E-state index contributed by atoms with van der Waals surface area (Å²) in [6.45, 7) is 6.35. The molecule has 0 fully saturated rings. The molecule has 0 amide bonds. The SMILES string of the molecule is CN(C)C1=CC=CC1c1ccccc1C=NC(C)(C)C. The van der Waals surface area contributed by atoms with Crippen LogP contribution in [0.5, 0.6) is 0 Å². The van der Waals surface area contributed by atoms with Gasteiger partial charge in [-0.2, -0.15) is 0 Å². The zero-order chi connectivity index (χ0) is 14.8. The zero-order valence-electron chi connectivity index (χ0n) is 13.1. The average Bonchev–Trinajstić information content (AvgIpc) is 2.85. The Balaban J connectivity index is 2.36. The standard InChI is InChI=1S/C18H24N2/c1-18(2,3)19-13-14-9-6-7-10-15(14)16-11-8-12-17(16)20(4)5/h6-13,16H,1-5H3. The minimum Gasteiger partial charge on any atom is -0.380 e. The molecule has 1 atom stereocenters. The fourth-order valence-corrected chi connectivity index (χ4v) is 2.33. The highest BCUT2D eigenvalue weighted by Gasteiger charge is 2.20. The first-order chi connectivity index (χ1) is 9.38. The van der Waals surface area contributed by atoms with Gasteiger partial charge in [0.2, 0.25) is 0 Å². The Hall–Kier alpha value is -1.83. The molecule has 0 saturated carbocycles. The number of likely N-dealkylation sites (N-methyl/N-ethyl adjacent to an activating group) is 1. The van der Waals surface area contributed by atoms with E-state index in [4.69, 9.17) is 0 Å². The number of hydrogen-bond donors (Lipinski definition) is 0.